The number of esters is 1. The second-order valence-electron chi connectivity index (χ2n) is 25.0. The number of nitrogens with one attached hydrogen (secondary N) is 1. The molecule has 1 amide bonds. The summed E-state index contributed by atoms with van der Waals surface area (Å²) in [6.45, 7) is 6.81. The zero-order valence-corrected chi connectivity index (χ0v) is 56.3. The summed E-state index contributed by atoms with van der Waals surface area (Å²) < 4.78 is 30.4. The first-order valence-corrected chi connectivity index (χ1v) is 36.7. The average Bonchev–Trinajstić information content (AvgIpc) is 3.51. The molecule has 0 aliphatic rings. The van der Waals surface area contributed by atoms with Crippen LogP contribution in [0.3, 0.4) is 0 Å². The number of carbonyl (C=O) groups excluding carboxylic acids is 2. The highest BCUT2D eigenvalue weighted by Gasteiger charge is 2.27. The smallest absolute Gasteiger partial charge is 0.306 e. The number of amides is 1. The molecule has 83 heavy (non-hydrogen) atoms. The highest BCUT2D eigenvalue weighted by molar-refractivity contribution is 7.45. The van der Waals surface area contributed by atoms with Gasteiger partial charge in [-0.05, 0) is 102 Å². The fourth-order valence-corrected chi connectivity index (χ4v) is 10.9. The summed E-state index contributed by atoms with van der Waals surface area (Å²) in [4.78, 5) is 40.1. The summed E-state index contributed by atoms with van der Waals surface area (Å²) in [5.41, 5.74) is 0. The molecule has 0 aromatic heterocycles. The molecular weight excluding hydrogens is 1050 g/mol. The maximum Gasteiger partial charge on any atom is 0.306 e. The molecular formula is C73H135N2O7P. The molecule has 0 fully saturated rings. The van der Waals surface area contributed by atoms with E-state index in [1.807, 2.05) is 33.3 Å². The van der Waals surface area contributed by atoms with Crippen molar-refractivity contribution in [2.45, 2.75) is 341 Å². The van der Waals surface area contributed by atoms with E-state index in [4.69, 9.17) is 13.8 Å². The van der Waals surface area contributed by atoms with Crippen LogP contribution in [0.25, 0.3) is 0 Å². The van der Waals surface area contributed by atoms with Gasteiger partial charge in [0, 0.05) is 12.8 Å². The molecule has 0 aliphatic heterocycles. The van der Waals surface area contributed by atoms with Gasteiger partial charge in [-0.2, -0.15) is 0 Å². The van der Waals surface area contributed by atoms with Gasteiger partial charge in [0.05, 0.1) is 33.8 Å². The minimum Gasteiger partial charge on any atom is -0.756 e. The third-order valence-corrected chi connectivity index (χ3v) is 16.6. The van der Waals surface area contributed by atoms with Gasteiger partial charge in [-0.25, -0.2) is 0 Å². The largest absolute Gasteiger partial charge is 0.756 e. The van der Waals surface area contributed by atoms with Crippen LogP contribution in [0.2, 0.25) is 0 Å². The Morgan fingerprint density at radius 2 is 0.735 bits per heavy atom. The number of ether oxygens (including phenoxy) is 1. The SMILES string of the molecule is CCCCC/C=C\C/C=C\C/C=C\CCCCCCCCCCC(=O)OC(/C=C\CCCCCCCCCCC)C(COP(=O)([O-])OCC[N+](C)(C)C)NC(=O)CCCCCCCCCCCCCCCCC/C=C\C/C=C\CCCCC. The number of likely N-dealkylation sites (N-methyl/N-ethyl adjacent to an activating group) is 1. The van der Waals surface area contributed by atoms with E-state index in [1.165, 1.54) is 205 Å². The van der Waals surface area contributed by atoms with Crippen LogP contribution in [0.15, 0.2) is 72.9 Å². The molecule has 0 aliphatic carbocycles. The molecule has 3 unspecified atom stereocenters. The Bertz CT molecular complexity index is 1650. The molecule has 0 rings (SSSR count). The van der Waals surface area contributed by atoms with Crippen molar-refractivity contribution >= 4 is 19.7 Å². The number of quaternary nitrogens is 1. The maximum absolute atomic E-state index is 13.6. The van der Waals surface area contributed by atoms with Crippen molar-refractivity contribution in [1.29, 1.82) is 0 Å². The molecule has 0 saturated carbocycles. The van der Waals surface area contributed by atoms with Crippen LogP contribution in [0.5, 0.6) is 0 Å². The molecule has 484 valence electrons. The van der Waals surface area contributed by atoms with Gasteiger partial charge in [-0.1, -0.05) is 287 Å². The highest BCUT2D eigenvalue weighted by Crippen LogP contribution is 2.38. The molecule has 0 spiro atoms. The van der Waals surface area contributed by atoms with Crippen LogP contribution in [-0.4, -0.2) is 69.4 Å². The van der Waals surface area contributed by atoms with Crippen LogP contribution in [-0.2, 0) is 27.9 Å². The fourth-order valence-electron chi connectivity index (χ4n) is 10.1. The molecule has 0 radical (unpaired) electrons. The number of unbranched alkanes of at least 4 members (excludes halogenated alkanes) is 38. The molecule has 0 heterocycles. The quantitative estimate of drug-likeness (QED) is 0.0212. The van der Waals surface area contributed by atoms with Crippen molar-refractivity contribution in [3.8, 4) is 0 Å². The van der Waals surface area contributed by atoms with Gasteiger partial charge in [-0.15, -0.1) is 0 Å². The predicted molar refractivity (Wildman–Crippen MR) is 358 cm³/mol. The maximum atomic E-state index is 13.6. The summed E-state index contributed by atoms with van der Waals surface area (Å²) in [6.07, 6.45) is 81.6. The number of nitrogens with zero attached hydrogens (tertiary/aromatic N) is 1. The van der Waals surface area contributed by atoms with Crippen LogP contribution >= 0.6 is 7.82 Å². The summed E-state index contributed by atoms with van der Waals surface area (Å²) in [5.74, 6) is -0.541. The minimum atomic E-state index is -4.71. The molecule has 0 aromatic rings. The lowest BCUT2D eigenvalue weighted by Gasteiger charge is -2.30. The lowest BCUT2D eigenvalue weighted by atomic mass is 10.0. The highest BCUT2D eigenvalue weighted by atomic mass is 31.2. The first-order chi connectivity index (χ1) is 40.4. The predicted octanol–water partition coefficient (Wildman–Crippen LogP) is 21.7. The van der Waals surface area contributed by atoms with E-state index in [0.717, 1.165) is 89.9 Å². The molecule has 0 bridgehead atoms. The standard InChI is InChI=1S/C73H135N2O7P/c1-7-10-13-16-19-22-25-27-29-31-33-35-36-37-38-40-41-43-45-47-50-53-56-59-62-65-72(76)74-70(69-81-83(78,79)80-68-67-75(4,5)6)71(64-61-58-55-52-49-24-21-18-15-12-9-3)82-73(77)66-63-60-57-54-51-48-46-44-42-39-34-32-30-28-26-23-20-17-14-11-8-2/h19-20,22-23,27-30,34,39,61,64,70-71H,7-18,21,24-26,31-33,35-38,40-60,62-63,65-69H2,1-6H3,(H-,74,76,78,79)/b22-19-,23-20-,29-27-,30-28-,39-34-,64-61-. The average molecular weight is 1180 g/mol. The Morgan fingerprint density at radius 3 is 1.12 bits per heavy atom. The van der Waals surface area contributed by atoms with Crippen molar-refractivity contribution in [3.63, 3.8) is 0 Å². The second-order valence-corrected chi connectivity index (χ2v) is 26.4. The van der Waals surface area contributed by atoms with Gasteiger partial charge in [0.1, 0.15) is 19.3 Å². The van der Waals surface area contributed by atoms with Crippen molar-refractivity contribution in [1.82, 2.24) is 5.32 Å². The van der Waals surface area contributed by atoms with Gasteiger partial charge in [-0.3, -0.25) is 14.2 Å². The molecule has 1 N–H and O–H groups in total. The third kappa shape index (κ3) is 63.8. The number of hydrogen-bond donors (Lipinski definition) is 1. The van der Waals surface area contributed by atoms with Gasteiger partial charge in [0.25, 0.3) is 7.82 Å². The normalized spacial score (nSPS) is 14.0. The Balaban J connectivity index is 5.03. The zero-order valence-electron chi connectivity index (χ0n) is 55.4. The van der Waals surface area contributed by atoms with Crippen LogP contribution in [0.1, 0.15) is 329 Å². The van der Waals surface area contributed by atoms with E-state index >= 15 is 0 Å². The molecule has 0 saturated heterocycles. The zero-order chi connectivity index (χ0) is 60.7. The van der Waals surface area contributed by atoms with Crippen LogP contribution in [0, 0.1) is 0 Å². The summed E-state index contributed by atoms with van der Waals surface area (Å²) >= 11 is 0. The van der Waals surface area contributed by atoms with E-state index in [-0.39, 0.29) is 24.9 Å². The first kappa shape index (κ1) is 80.5. The number of phosphoric ester groups is 1. The Labute approximate surface area is 514 Å². The van der Waals surface area contributed by atoms with Gasteiger partial charge >= 0.3 is 5.97 Å². The molecule has 9 nitrogen and oxygen atoms in total. The third-order valence-electron chi connectivity index (χ3n) is 15.6. The van der Waals surface area contributed by atoms with E-state index in [9.17, 15) is 19.0 Å². The lowest BCUT2D eigenvalue weighted by Crippen LogP contribution is -2.47. The van der Waals surface area contributed by atoms with Gasteiger partial charge < -0.3 is 28.5 Å². The summed E-state index contributed by atoms with van der Waals surface area (Å²) in [7, 11) is 1.18. The van der Waals surface area contributed by atoms with Crippen LogP contribution in [0.4, 0.5) is 0 Å². The van der Waals surface area contributed by atoms with E-state index in [1.54, 1.807) is 0 Å². The van der Waals surface area contributed by atoms with E-state index in [0.29, 0.717) is 17.4 Å². The topological polar surface area (TPSA) is 114 Å². The van der Waals surface area contributed by atoms with Crippen molar-refractivity contribution in [3.05, 3.63) is 72.9 Å². The van der Waals surface area contributed by atoms with E-state index in [2.05, 4.69) is 86.8 Å². The van der Waals surface area contributed by atoms with Gasteiger partial charge in [0.15, 0.2) is 0 Å². The van der Waals surface area contributed by atoms with Crippen molar-refractivity contribution in [2.24, 2.45) is 0 Å². The fraction of sp³-hybridized carbons (Fsp3) is 0.808. The monoisotopic (exact) mass is 1180 g/mol. The Hall–Kier alpha value is -2.55. The number of phosphoric acid groups is 1. The van der Waals surface area contributed by atoms with E-state index < -0.39 is 26.6 Å². The first-order valence-electron chi connectivity index (χ1n) is 35.2. The summed E-state index contributed by atoms with van der Waals surface area (Å²) in [5, 5.41) is 3.04. The van der Waals surface area contributed by atoms with Gasteiger partial charge in [0.2, 0.25) is 5.91 Å². The van der Waals surface area contributed by atoms with Crippen molar-refractivity contribution in [2.75, 3.05) is 40.9 Å². The molecule has 0 aromatic carbocycles. The Morgan fingerprint density at radius 1 is 0.422 bits per heavy atom. The molecule has 3 atom stereocenters. The van der Waals surface area contributed by atoms with Crippen LogP contribution < -0.4 is 10.2 Å². The number of allylic oxidation sites excluding steroid dienone is 11. The second kappa shape index (κ2) is 62.5. The molecule has 10 heteroatoms. The lowest BCUT2D eigenvalue weighted by molar-refractivity contribution is -0.870. The Kier molecular flexibility index (Phi) is 60.6. The number of rotatable bonds is 64. The minimum absolute atomic E-state index is 0.0246. The number of hydrogen-bond acceptors (Lipinski definition) is 7. The van der Waals surface area contributed by atoms with Crippen molar-refractivity contribution < 1.29 is 37.3 Å². The summed E-state index contributed by atoms with van der Waals surface area (Å²) in [6, 6.07) is -0.894. The number of carbonyl (C=O) groups is 2.